The number of rotatable bonds is 0. The van der Waals surface area contributed by atoms with Gasteiger partial charge < -0.3 is 10.2 Å². The standard InChI is InChI=1S/C6H6O2.2Na.2H/c7-5-2-1-3-6(8)4-5;;;;/h1-4,7-8H;;;;. The van der Waals surface area contributed by atoms with Gasteiger partial charge in [-0.15, -0.1) is 0 Å². The van der Waals surface area contributed by atoms with Crippen LogP contribution in [-0.2, 0) is 0 Å². The first-order valence-electron chi connectivity index (χ1n) is 2.27. The van der Waals surface area contributed by atoms with E-state index < -0.39 is 0 Å². The van der Waals surface area contributed by atoms with Crippen LogP contribution in [0.1, 0.15) is 0 Å². The van der Waals surface area contributed by atoms with Gasteiger partial charge in [0.1, 0.15) is 11.5 Å². The van der Waals surface area contributed by atoms with Crippen molar-refractivity contribution in [2.45, 2.75) is 0 Å². The molecule has 0 saturated heterocycles. The molecule has 0 spiro atoms. The number of aromatic hydroxyl groups is 2. The predicted octanol–water partition coefficient (Wildman–Crippen LogP) is -0.199. The van der Waals surface area contributed by atoms with Crippen molar-refractivity contribution in [1.82, 2.24) is 0 Å². The Hall–Kier alpha value is 0.820. The third kappa shape index (κ3) is 4.61. The Morgan fingerprint density at radius 1 is 0.900 bits per heavy atom. The number of phenols is 2. The Morgan fingerprint density at radius 2 is 1.30 bits per heavy atom. The van der Waals surface area contributed by atoms with Crippen molar-refractivity contribution >= 4 is 59.1 Å². The summed E-state index contributed by atoms with van der Waals surface area (Å²) in [6.07, 6.45) is 0. The van der Waals surface area contributed by atoms with Crippen molar-refractivity contribution < 1.29 is 10.2 Å². The molecule has 46 valence electrons. The van der Waals surface area contributed by atoms with Crippen LogP contribution >= 0.6 is 0 Å². The Kier molecular flexibility index (Phi) is 8.75. The van der Waals surface area contributed by atoms with Gasteiger partial charge in [0.05, 0.1) is 0 Å². The maximum absolute atomic E-state index is 8.65. The van der Waals surface area contributed by atoms with Crippen LogP contribution in [0.15, 0.2) is 24.3 Å². The molecule has 4 heteroatoms. The van der Waals surface area contributed by atoms with E-state index in [0.717, 1.165) is 0 Å². The van der Waals surface area contributed by atoms with E-state index >= 15 is 0 Å². The fraction of sp³-hybridized carbons (Fsp3) is 0. The molecule has 0 unspecified atom stereocenters. The molecule has 2 N–H and O–H groups in total. The van der Waals surface area contributed by atoms with Gasteiger partial charge in [-0.05, 0) is 12.1 Å². The van der Waals surface area contributed by atoms with E-state index in [4.69, 9.17) is 10.2 Å². The second-order valence-electron chi connectivity index (χ2n) is 1.52. The van der Waals surface area contributed by atoms with Gasteiger partial charge in [-0.1, -0.05) is 6.07 Å². The van der Waals surface area contributed by atoms with E-state index in [2.05, 4.69) is 0 Å². The third-order valence-electron chi connectivity index (χ3n) is 0.830. The first-order valence-corrected chi connectivity index (χ1v) is 2.27. The SMILES string of the molecule is Oc1cccc(O)c1.[NaH].[NaH]. The van der Waals surface area contributed by atoms with E-state index in [1.807, 2.05) is 0 Å². The van der Waals surface area contributed by atoms with E-state index in [1.54, 1.807) is 6.07 Å². The molecule has 10 heavy (non-hydrogen) atoms. The van der Waals surface area contributed by atoms with Gasteiger partial charge in [0, 0.05) is 6.07 Å². The van der Waals surface area contributed by atoms with Crippen molar-refractivity contribution in [3.63, 3.8) is 0 Å². The summed E-state index contributed by atoms with van der Waals surface area (Å²) < 4.78 is 0. The van der Waals surface area contributed by atoms with Gasteiger partial charge in [0.15, 0.2) is 0 Å². The molecule has 0 bridgehead atoms. The molecule has 1 rings (SSSR count). The molecule has 0 aliphatic carbocycles. The first-order chi connectivity index (χ1) is 3.79. The Bertz CT molecular complexity index is 174. The van der Waals surface area contributed by atoms with Crippen LogP contribution in [0.2, 0.25) is 0 Å². The molecule has 0 aliphatic heterocycles. The van der Waals surface area contributed by atoms with Crippen molar-refractivity contribution in [3.05, 3.63) is 24.3 Å². The third-order valence-corrected chi connectivity index (χ3v) is 0.830. The summed E-state index contributed by atoms with van der Waals surface area (Å²) in [4.78, 5) is 0. The molecule has 2 nitrogen and oxygen atoms in total. The molecular formula is C6H8Na2O2. The summed E-state index contributed by atoms with van der Waals surface area (Å²) in [6.45, 7) is 0. The molecule has 1 aromatic rings. The summed E-state index contributed by atoms with van der Waals surface area (Å²) in [5.41, 5.74) is 0. The molecular weight excluding hydrogens is 150 g/mol. The predicted molar refractivity (Wildman–Crippen MR) is 44.1 cm³/mol. The molecule has 0 aromatic heterocycles. The van der Waals surface area contributed by atoms with Gasteiger partial charge in [-0.3, -0.25) is 0 Å². The van der Waals surface area contributed by atoms with E-state index in [9.17, 15) is 0 Å². The van der Waals surface area contributed by atoms with Gasteiger partial charge in [0.2, 0.25) is 0 Å². The van der Waals surface area contributed by atoms with Crippen LogP contribution in [0, 0.1) is 0 Å². The van der Waals surface area contributed by atoms with E-state index in [0.29, 0.717) is 0 Å². The monoisotopic (exact) mass is 158 g/mol. The minimum atomic E-state index is 0. The fourth-order valence-electron chi connectivity index (χ4n) is 0.493. The average Bonchev–Trinajstić information content (AvgIpc) is 1.64. The van der Waals surface area contributed by atoms with Crippen LogP contribution in [0.3, 0.4) is 0 Å². The maximum atomic E-state index is 8.65. The Balaban J connectivity index is 0. The second-order valence-corrected chi connectivity index (χ2v) is 1.52. The zero-order chi connectivity index (χ0) is 5.98. The Labute approximate surface area is 104 Å². The van der Waals surface area contributed by atoms with Crippen LogP contribution < -0.4 is 0 Å². The van der Waals surface area contributed by atoms with Crippen LogP contribution in [0.5, 0.6) is 11.5 Å². The average molecular weight is 158 g/mol. The number of benzene rings is 1. The quantitative estimate of drug-likeness (QED) is 0.513. The van der Waals surface area contributed by atoms with Crippen LogP contribution in [0.4, 0.5) is 0 Å². The minimum absolute atomic E-state index is 0. The molecule has 0 radical (unpaired) electrons. The van der Waals surface area contributed by atoms with Crippen molar-refractivity contribution in [1.29, 1.82) is 0 Å². The normalized spacial score (nSPS) is 7.20. The van der Waals surface area contributed by atoms with Gasteiger partial charge >= 0.3 is 59.1 Å². The summed E-state index contributed by atoms with van der Waals surface area (Å²) in [6, 6.07) is 5.85. The molecule has 0 saturated carbocycles. The summed E-state index contributed by atoms with van der Waals surface area (Å²) in [5, 5.41) is 17.3. The zero-order valence-corrected chi connectivity index (χ0v) is 4.20. The second kappa shape index (κ2) is 6.53. The van der Waals surface area contributed by atoms with Gasteiger partial charge in [0.25, 0.3) is 0 Å². The van der Waals surface area contributed by atoms with Crippen LogP contribution in [0.25, 0.3) is 0 Å². The molecule has 0 aliphatic rings. The number of hydrogen-bond acceptors (Lipinski definition) is 2. The van der Waals surface area contributed by atoms with Gasteiger partial charge in [-0.25, -0.2) is 0 Å². The van der Waals surface area contributed by atoms with Crippen molar-refractivity contribution in [2.24, 2.45) is 0 Å². The molecule has 0 heterocycles. The van der Waals surface area contributed by atoms with Crippen molar-refractivity contribution in [2.75, 3.05) is 0 Å². The van der Waals surface area contributed by atoms with Crippen LogP contribution in [-0.4, -0.2) is 69.3 Å². The summed E-state index contributed by atoms with van der Waals surface area (Å²) in [7, 11) is 0. The zero-order valence-electron chi connectivity index (χ0n) is 4.20. The Morgan fingerprint density at radius 3 is 1.50 bits per heavy atom. The molecule has 1 aromatic carbocycles. The molecule has 0 atom stereocenters. The van der Waals surface area contributed by atoms with E-state index in [-0.39, 0.29) is 70.6 Å². The summed E-state index contributed by atoms with van der Waals surface area (Å²) >= 11 is 0. The number of hydrogen-bond donors (Lipinski definition) is 2. The van der Waals surface area contributed by atoms with E-state index in [1.165, 1.54) is 18.2 Å². The van der Waals surface area contributed by atoms with Gasteiger partial charge in [-0.2, -0.15) is 0 Å². The summed E-state index contributed by atoms with van der Waals surface area (Å²) in [5.74, 6) is 0.176. The fourth-order valence-corrected chi connectivity index (χ4v) is 0.493. The first kappa shape index (κ1) is 13.4. The molecule has 0 amide bonds. The number of phenolic OH excluding ortho intramolecular Hbond substituents is 2. The molecule has 0 fully saturated rings. The topological polar surface area (TPSA) is 40.5 Å². The van der Waals surface area contributed by atoms with Crippen molar-refractivity contribution in [3.8, 4) is 11.5 Å².